The van der Waals surface area contributed by atoms with Crippen LogP contribution in [0.1, 0.15) is 12.7 Å². The molecule has 0 aliphatic heterocycles. The van der Waals surface area contributed by atoms with Crippen LogP contribution in [0.15, 0.2) is 88.2 Å². The van der Waals surface area contributed by atoms with Gasteiger partial charge >= 0.3 is 0 Å². The van der Waals surface area contributed by atoms with Gasteiger partial charge in [-0.15, -0.1) is 0 Å². The summed E-state index contributed by atoms with van der Waals surface area (Å²) in [6, 6.07) is 22.3. The number of hydrogen-bond donors (Lipinski definition) is 0. The zero-order chi connectivity index (χ0) is 15.4. The number of benzene rings is 2. The molecule has 0 saturated heterocycles. The fourth-order valence-corrected chi connectivity index (χ4v) is 4.47. The van der Waals surface area contributed by atoms with Crippen molar-refractivity contribution in [2.75, 3.05) is 0 Å². The maximum Gasteiger partial charge on any atom is 0.247 e. The van der Waals surface area contributed by atoms with Gasteiger partial charge in [0, 0.05) is 10.6 Å². The second-order valence-electron chi connectivity index (χ2n) is 4.91. The topological polar surface area (TPSA) is 42.6 Å². The van der Waals surface area contributed by atoms with E-state index in [0.29, 0.717) is 22.1 Å². The molecule has 1 heterocycles. The summed E-state index contributed by atoms with van der Waals surface area (Å²) in [6.07, 6.45) is 1.59. The quantitative estimate of drug-likeness (QED) is 0.539. The monoisotopic (exact) mass is 309 g/mol. The van der Waals surface area contributed by atoms with Crippen LogP contribution in [-0.4, -0.2) is 5.71 Å². The minimum atomic E-state index is -3.09. The minimum Gasteiger partial charge on any atom is -0.463 e. The molecule has 0 atom stereocenters. The van der Waals surface area contributed by atoms with Gasteiger partial charge < -0.3 is 4.42 Å². The van der Waals surface area contributed by atoms with E-state index in [1.807, 2.05) is 73.7 Å². The van der Waals surface area contributed by atoms with Gasteiger partial charge in [-0.2, -0.15) is 0 Å². The summed E-state index contributed by atoms with van der Waals surface area (Å²) >= 11 is 0. The van der Waals surface area contributed by atoms with Crippen molar-refractivity contribution in [3.63, 3.8) is 0 Å². The lowest BCUT2D eigenvalue weighted by atomic mass is 10.3. The van der Waals surface area contributed by atoms with Gasteiger partial charge in [-0.05, 0) is 43.3 Å². The zero-order valence-corrected chi connectivity index (χ0v) is 13.1. The molecule has 0 amide bonds. The van der Waals surface area contributed by atoms with Crippen molar-refractivity contribution in [1.82, 2.24) is 0 Å². The van der Waals surface area contributed by atoms with Crippen LogP contribution in [0.5, 0.6) is 0 Å². The molecule has 0 unspecified atom stereocenters. The molecule has 2 aromatic carbocycles. The average Bonchev–Trinajstić information content (AvgIpc) is 3.11. The molecule has 110 valence electrons. The van der Waals surface area contributed by atoms with E-state index < -0.39 is 7.29 Å². The van der Waals surface area contributed by atoms with Crippen molar-refractivity contribution in [2.45, 2.75) is 6.92 Å². The van der Waals surface area contributed by atoms with Crippen LogP contribution in [0.3, 0.4) is 0 Å². The van der Waals surface area contributed by atoms with E-state index in [1.165, 1.54) is 0 Å². The Labute approximate surface area is 129 Å². The van der Waals surface area contributed by atoms with Gasteiger partial charge in [0.05, 0.1) is 12.0 Å². The Kier molecular flexibility index (Phi) is 4.08. The smallest absolute Gasteiger partial charge is 0.247 e. The standard InChI is InChI=1S/C18H16NO2P/c1-15(18-13-8-14-21-18)19-22(20,16-9-4-2-5-10-16)17-11-6-3-7-12-17/h2-14H,1H3/b19-15+. The normalized spacial score (nSPS) is 12.3. The highest BCUT2D eigenvalue weighted by Crippen LogP contribution is 2.45. The van der Waals surface area contributed by atoms with E-state index in [0.717, 1.165) is 0 Å². The molecule has 3 rings (SSSR count). The lowest BCUT2D eigenvalue weighted by molar-refractivity contribution is 0.557. The highest BCUT2D eigenvalue weighted by molar-refractivity contribution is 7.77. The van der Waals surface area contributed by atoms with E-state index in [4.69, 9.17) is 4.42 Å². The Balaban J connectivity index is 2.17. The SMILES string of the molecule is C/C(=N\P(=O)(c1ccccc1)c1ccccc1)c1ccco1. The maximum absolute atomic E-state index is 13.7. The molecule has 0 aliphatic carbocycles. The van der Waals surface area contributed by atoms with Crippen LogP contribution in [0.25, 0.3) is 0 Å². The van der Waals surface area contributed by atoms with Crippen molar-refractivity contribution in [2.24, 2.45) is 4.76 Å². The Morgan fingerprint density at radius 1 is 0.864 bits per heavy atom. The molecular weight excluding hydrogens is 293 g/mol. The Hall–Kier alpha value is -2.38. The summed E-state index contributed by atoms with van der Waals surface area (Å²) in [7, 11) is -3.09. The van der Waals surface area contributed by atoms with Crippen molar-refractivity contribution < 1.29 is 8.98 Å². The second-order valence-corrected chi connectivity index (χ2v) is 7.29. The van der Waals surface area contributed by atoms with Gasteiger partial charge in [-0.25, -0.2) is 4.76 Å². The molecule has 0 saturated carbocycles. The van der Waals surface area contributed by atoms with Gasteiger partial charge in [-0.3, -0.25) is 4.57 Å². The first-order chi connectivity index (χ1) is 10.7. The van der Waals surface area contributed by atoms with Crippen molar-refractivity contribution in [1.29, 1.82) is 0 Å². The molecule has 1 aromatic heterocycles. The van der Waals surface area contributed by atoms with Gasteiger partial charge in [0.1, 0.15) is 5.76 Å². The van der Waals surface area contributed by atoms with Crippen molar-refractivity contribution >= 4 is 23.6 Å². The lowest BCUT2D eigenvalue weighted by Gasteiger charge is -2.15. The third-order valence-electron chi connectivity index (χ3n) is 3.38. The second kappa shape index (κ2) is 6.17. The number of hydrogen-bond acceptors (Lipinski definition) is 2. The summed E-state index contributed by atoms with van der Waals surface area (Å²) in [5.74, 6) is 0.632. The van der Waals surface area contributed by atoms with Crippen molar-refractivity contribution in [3.05, 3.63) is 84.8 Å². The van der Waals surface area contributed by atoms with Crippen LogP contribution in [-0.2, 0) is 4.57 Å². The molecule has 0 aliphatic rings. The van der Waals surface area contributed by atoms with E-state index in [9.17, 15) is 4.57 Å². The predicted octanol–water partition coefficient (Wildman–Crippen LogP) is 4.02. The average molecular weight is 309 g/mol. The Morgan fingerprint density at radius 3 is 1.86 bits per heavy atom. The number of furan rings is 1. The molecule has 4 heteroatoms. The van der Waals surface area contributed by atoms with Crippen LogP contribution >= 0.6 is 7.29 Å². The molecule has 0 bridgehead atoms. The van der Waals surface area contributed by atoms with Crippen LogP contribution in [0, 0.1) is 0 Å². The fraction of sp³-hybridized carbons (Fsp3) is 0.0556. The van der Waals surface area contributed by atoms with Gasteiger partial charge in [-0.1, -0.05) is 36.4 Å². The Morgan fingerprint density at radius 2 is 1.41 bits per heavy atom. The fourth-order valence-electron chi connectivity index (χ4n) is 2.27. The molecule has 0 spiro atoms. The van der Waals surface area contributed by atoms with E-state index >= 15 is 0 Å². The lowest BCUT2D eigenvalue weighted by Crippen LogP contribution is -2.15. The largest absolute Gasteiger partial charge is 0.463 e. The van der Waals surface area contributed by atoms with E-state index in [-0.39, 0.29) is 0 Å². The molecule has 22 heavy (non-hydrogen) atoms. The van der Waals surface area contributed by atoms with E-state index in [2.05, 4.69) is 4.76 Å². The summed E-state index contributed by atoms with van der Waals surface area (Å²) in [5, 5.41) is 1.43. The van der Waals surface area contributed by atoms with Gasteiger partial charge in [0.25, 0.3) is 0 Å². The van der Waals surface area contributed by atoms with Crippen LogP contribution < -0.4 is 10.6 Å². The summed E-state index contributed by atoms with van der Waals surface area (Å²) in [4.78, 5) is 0. The molecule has 0 fully saturated rings. The molecular formula is C18H16NO2P. The maximum atomic E-state index is 13.7. The molecule has 0 N–H and O–H groups in total. The Bertz CT molecular complexity index is 765. The highest BCUT2D eigenvalue weighted by atomic mass is 31.2. The van der Waals surface area contributed by atoms with E-state index in [1.54, 1.807) is 12.3 Å². The third kappa shape index (κ3) is 2.81. The van der Waals surface area contributed by atoms with Gasteiger partial charge in [0.15, 0.2) is 0 Å². The molecule has 3 aromatic rings. The van der Waals surface area contributed by atoms with Crippen molar-refractivity contribution in [3.8, 4) is 0 Å². The number of rotatable bonds is 4. The van der Waals surface area contributed by atoms with Gasteiger partial charge in [0.2, 0.25) is 7.29 Å². The summed E-state index contributed by atoms with van der Waals surface area (Å²) in [6.45, 7) is 1.82. The third-order valence-corrected chi connectivity index (χ3v) is 5.96. The minimum absolute atomic E-state index is 0.626. The first-order valence-electron chi connectivity index (χ1n) is 7.02. The van der Waals surface area contributed by atoms with Crippen LogP contribution in [0.2, 0.25) is 0 Å². The predicted molar refractivity (Wildman–Crippen MR) is 90.7 cm³/mol. The van der Waals surface area contributed by atoms with Crippen LogP contribution in [0.4, 0.5) is 0 Å². The number of nitrogens with zero attached hydrogens (tertiary/aromatic N) is 1. The highest BCUT2D eigenvalue weighted by Gasteiger charge is 2.27. The first kappa shape index (κ1) is 14.6. The molecule has 3 nitrogen and oxygen atoms in total. The first-order valence-corrected chi connectivity index (χ1v) is 8.68. The molecule has 0 radical (unpaired) electrons. The summed E-state index contributed by atoms with van der Waals surface area (Å²) < 4.78 is 23.6. The zero-order valence-electron chi connectivity index (χ0n) is 12.2. The summed E-state index contributed by atoms with van der Waals surface area (Å²) in [5.41, 5.74) is 0.626.